The van der Waals surface area contributed by atoms with Gasteiger partial charge in [0.25, 0.3) is 0 Å². The zero-order chi connectivity index (χ0) is 11.7. The Hall–Kier alpha value is -0.580. The summed E-state index contributed by atoms with van der Waals surface area (Å²) >= 11 is 3.55. The van der Waals surface area contributed by atoms with Crippen LogP contribution in [0.1, 0.15) is 22.8 Å². The molecule has 16 heavy (non-hydrogen) atoms. The van der Waals surface area contributed by atoms with Gasteiger partial charge in [-0.15, -0.1) is 0 Å². The molecule has 0 saturated carbocycles. The summed E-state index contributed by atoms with van der Waals surface area (Å²) in [6.07, 6.45) is 0.0228. The number of hydrogen-bond donors (Lipinski definition) is 2. The summed E-state index contributed by atoms with van der Waals surface area (Å²) < 4.78 is 6.73. The van der Waals surface area contributed by atoms with E-state index in [0.717, 1.165) is 34.3 Å². The van der Waals surface area contributed by atoms with Crippen molar-refractivity contribution in [3.05, 3.63) is 27.2 Å². The molecule has 0 aliphatic carbocycles. The number of phenolic OH excluding ortho intramolecular Hbond substituents is 1. The molecule has 1 saturated heterocycles. The van der Waals surface area contributed by atoms with Crippen LogP contribution in [-0.4, -0.2) is 24.8 Å². The van der Waals surface area contributed by atoms with Gasteiger partial charge in [0.05, 0.1) is 12.7 Å². The van der Waals surface area contributed by atoms with Gasteiger partial charge in [0.15, 0.2) is 0 Å². The number of aromatic hydroxyl groups is 1. The molecule has 2 N–H and O–H groups in total. The molecule has 1 heterocycles. The monoisotopic (exact) mass is 285 g/mol. The van der Waals surface area contributed by atoms with E-state index < -0.39 is 0 Å². The highest BCUT2D eigenvalue weighted by Crippen LogP contribution is 2.36. The Labute approximate surface area is 104 Å². The maximum Gasteiger partial charge on any atom is 0.121 e. The molecular formula is C12H16BrNO2. The first-order chi connectivity index (χ1) is 7.61. The predicted molar refractivity (Wildman–Crippen MR) is 66.8 cm³/mol. The Balaban J connectivity index is 2.42. The normalized spacial score (nSPS) is 21.1. The van der Waals surface area contributed by atoms with Crippen LogP contribution < -0.4 is 5.32 Å². The van der Waals surface area contributed by atoms with Gasteiger partial charge in [0.2, 0.25) is 0 Å². The highest BCUT2D eigenvalue weighted by Gasteiger charge is 2.22. The van der Waals surface area contributed by atoms with E-state index in [0.29, 0.717) is 12.4 Å². The van der Waals surface area contributed by atoms with Crippen LogP contribution in [0.25, 0.3) is 0 Å². The van der Waals surface area contributed by atoms with Crippen molar-refractivity contribution in [2.24, 2.45) is 0 Å². The number of phenols is 1. The Bertz CT molecular complexity index is 400. The molecule has 0 bridgehead atoms. The zero-order valence-corrected chi connectivity index (χ0v) is 11.1. The molecule has 1 aromatic carbocycles. The highest BCUT2D eigenvalue weighted by molar-refractivity contribution is 9.10. The lowest BCUT2D eigenvalue weighted by Crippen LogP contribution is -2.33. The summed E-state index contributed by atoms with van der Waals surface area (Å²) in [6, 6.07) is 1.94. The Morgan fingerprint density at radius 2 is 2.25 bits per heavy atom. The molecule has 0 amide bonds. The van der Waals surface area contributed by atoms with Gasteiger partial charge in [-0.1, -0.05) is 15.9 Å². The largest absolute Gasteiger partial charge is 0.507 e. The fourth-order valence-corrected chi connectivity index (χ4v) is 2.98. The number of morpholine rings is 1. The lowest BCUT2D eigenvalue weighted by molar-refractivity contribution is 0.0267. The van der Waals surface area contributed by atoms with Crippen LogP contribution in [0.5, 0.6) is 5.75 Å². The molecule has 4 heteroatoms. The lowest BCUT2D eigenvalue weighted by Gasteiger charge is -2.27. The first kappa shape index (κ1) is 11.9. The van der Waals surface area contributed by atoms with E-state index in [1.54, 1.807) is 0 Å². The molecule has 0 radical (unpaired) electrons. The van der Waals surface area contributed by atoms with Gasteiger partial charge in [-0.3, -0.25) is 0 Å². The Morgan fingerprint density at radius 3 is 2.88 bits per heavy atom. The van der Waals surface area contributed by atoms with Gasteiger partial charge in [0, 0.05) is 23.1 Å². The van der Waals surface area contributed by atoms with Crippen LogP contribution in [0.15, 0.2) is 10.5 Å². The Morgan fingerprint density at radius 1 is 1.50 bits per heavy atom. The summed E-state index contributed by atoms with van der Waals surface area (Å²) in [7, 11) is 0. The number of ether oxygens (including phenoxy) is 1. The van der Waals surface area contributed by atoms with Crippen LogP contribution >= 0.6 is 15.9 Å². The van der Waals surface area contributed by atoms with Crippen molar-refractivity contribution < 1.29 is 9.84 Å². The molecule has 3 nitrogen and oxygen atoms in total. The van der Waals surface area contributed by atoms with E-state index in [-0.39, 0.29) is 6.10 Å². The van der Waals surface area contributed by atoms with Crippen molar-refractivity contribution in [2.75, 3.05) is 19.7 Å². The number of hydrogen-bond acceptors (Lipinski definition) is 3. The van der Waals surface area contributed by atoms with Crippen LogP contribution in [0.2, 0.25) is 0 Å². The maximum absolute atomic E-state index is 9.95. The van der Waals surface area contributed by atoms with Gasteiger partial charge in [-0.25, -0.2) is 0 Å². The molecule has 1 aliphatic rings. The average Bonchev–Trinajstić information content (AvgIpc) is 2.28. The van der Waals surface area contributed by atoms with Gasteiger partial charge < -0.3 is 15.2 Å². The summed E-state index contributed by atoms with van der Waals surface area (Å²) in [5.74, 6) is 0.368. The molecule has 2 rings (SSSR count). The highest BCUT2D eigenvalue weighted by atomic mass is 79.9. The minimum atomic E-state index is 0.0228. The molecule has 1 fully saturated rings. The van der Waals surface area contributed by atoms with E-state index in [4.69, 9.17) is 4.74 Å². The first-order valence-corrected chi connectivity index (χ1v) is 6.21. The van der Waals surface area contributed by atoms with Crippen molar-refractivity contribution in [3.8, 4) is 5.75 Å². The topological polar surface area (TPSA) is 41.5 Å². The molecule has 1 atom stereocenters. The van der Waals surface area contributed by atoms with Crippen molar-refractivity contribution in [1.82, 2.24) is 5.32 Å². The van der Waals surface area contributed by atoms with Gasteiger partial charge in [-0.05, 0) is 31.0 Å². The van der Waals surface area contributed by atoms with Crippen LogP contribution in [-0.2, 0) is 4.74 Å². The van der Waals surface area contributed by atoms with E-state index in [1.807, 2.05) is 19.9 Å². The number of rotatable bonds is 1. The number of halogens is 1. The average molecular weight is 286 g/mol. The van der Waals surface area contributed by atoms with Crippen molar-refractivity contribution in [1.29, 1.82) is 0 Å². The maximum atomic E-state index is 9.95. The second-order valence-corrected chi connectivity index (χ2v) is 4.98. The summed E-state index contributed by atoms with van der Waals surface area (Å²) in [4.78, 5) is 0. The molecule has 0 aromatic heterocycles. The second-order valence-electron chi connectivity index (χ2n) is 4.13. The summed E-state index contributed by atoms with van der Waals surface area (Å²) in [5.41, 5.74) is 2.84. The van der Waals surface area contributed by atoms with E-state index in [9.17, 15) is 5.11 Å². The smallest absolute Gasteiger partial charge is 0.121 e. The second kappa shape index (κ2) is 4.73. The Kier molecular flexibility index (Phi) is 3.52. The van der Waals surface area contributed by atoms with E-state index >= 15 is 0 Å². The summed E-state index contributed by atoms with van der Waals surface area (Å²) in [6.45, 7) is 6.23. The first-order valence-electron chi connectivity index (χ1n) is 5.42. The number of nitrogens with one attached hydrogen (secondary N) is 1. The van der Waals surface area contributed by atoms with E-state index in [1.165, 1.54) is 0 Å². The van der Waals surface area contributed by atoms with Crippen molar-refractivity contribution >= 4 is 15.9 Å². The quantitative estimate of drug-likeness (QED) is 0.833. The predicted octanol–water partition coefficient (Wildman–Crippen LogP) is 2.43. The standard InChI is InChI=1S/C12H16BrNO2/c1-7-5-9(13)11(8(2)12(7)15)10-6-14-3-4-16-10/h5,10,14-15H,3-4,6H2,1-2H3. The molecule has 1 unspecified atom stereocenters. The molecule has 1 aliphatic heterocycles. The minimum absolute atomic E-state index is 0.0228. The minimum Gasteiger partial charge on any atom is -0.507 e. The SMILES string of the molecule is Cc1cc(Br)c(C2CNCCO2)c(C)c1O. The number of aryl methyl sites for hydroxylation is 1. The fourth-order valence-electron chi connectivity index (χ4n) is 2.08. The van der Waals surface area contributed by atoms with Crippen molar-refractivity contribution in [3.63, 3.8) is 0 Å². The zero-order valence-electron chi connectivity index (χ0n) is 9.51. The van der Waals surface area contributed by atoms with E-state index in [2.05, 4.69) is 21.2 Å². The lowest BCUT2D eigenvalue weighted by atomic mass is 9.99. The summed E-state index contributed by atoms with van der Waals surface area (Å²) in [5, 5.41) is 13.2. The third-order valence-corrected chi connectivity index (χ3v) is 3.64. The van der Waals surface area contributed by atoms with Crippen LogP contribution in [0.4, 0.5) is 0 Å². The third-order valence-electron chi connectivity index (χ3n) is 2.98. The third kappa shape index (κ3) is 2.10. The van der Waals surface area contributed by atoms with Gasteiger partial charge in [-0.2, -0.15) is 0 Å². The fraction of sp³-hybridized carbons (Fsp3) is 0.500. The van der Waals surface area contributed by atoms with Gasteiger partial charge in [0.1, 0.15) is 5.75 Å². The molecule has 1 aromatic rings. The number of benzene rings is 1. The molecular weight excluding hydrogens is 270 g/mol. The van der Waals surface area contributed by atoms with Crippen LogP contribution in [0.3, 0.4) is 0 Å². The molecule has 0 spiro atoms. The van der Waals surface area contributed by atoms with Gasteiger partial charge >= 0.3 is 0 Å². The van der Waals surface area contributed by atoms with Crippen LogP contribution in [0, 0.1) is 13.8 Å². The molecule has 88 valence electrons. The van der Waals surface area contributed by atoms with Crippen molar-refractivity contribution in [2.45, 2.75) is 20.0 Å².